The van der Waals surface area contributed by atoms with Crippen LogP contribution in [0.25, 0.3) is 20.7 Å². The highest BCUT2D eigenvalue weighted by Gasteiger charge is 2.16. The molecule has 0 saturated carbocycles. The van der Waals surface area contributed by atoms with Gasteiger partial charge in [-0.1, -0.05) is 30.0 Å². The third-order valence-electron chi connectivity index (χ3n) is 3.82. The van der Waals surface area contributed by atoms with Crippen LogP contribution >= 0.6 is 34.4 Å². The zero-order valence-electron chi connectivity index (χ0n) is 13.2. The zero-order valence-corrected chi connectivity index (χ0v) is 15.7. The molecule has 3 nitrogen and oxygen atoms in total. The molecular weight excluding hydrogens is 375 g/mol. The second kappa shape index (κ2) is 6.74. The number of fused-ring (bicyclic) bond motifs is 1. The summed E-state index contributed by atoms with van der Waals surface area (Å²) < 4.78 is 14.9. The van der Waals surface area contributed by atoms with E-state index in [2.05, 4.69) is 4.98 Å². The highest BCUT2D eigenvalue weighted by molar-refractivity contribution is 7.98. The number of rotatable bonds is 4. The lowest BCUT2D eigenvalue weighted by molar-refractivity contribution is 0.626. The van der Waals surface area contributed by atoms with Crippen LogP contribution in [0.1, 0.15) is 5.56 Å². The quantitative estimate of drug-likeness (QED) is 0.358. The predicted molar refractivity (Wildman–Crippen MR) is 104 cm³/mol. The smallest absolute Gasteiger partial charge is 0.263 e. The summed E-state index contributed by atoms with van der Waals surface area (Å²) in [5.41, 5.74) is 1.77. The molecule has 4 aromatic rings. The SMILES string of the molecule is Cn1c(SCc2cccc(F)c2)nc2scc(-c3cccs3)c2c1=O. The first-order valence-electron chi connectivity index (χ1n) is 7.53. The Morgan fingerprint density at radius 2 is 2.12 bits per heavy atom. The monoisotopic (exact) mass is 388 g/mol. The molecule has 0 aliphatic heterocycles. The molecule has 0 radical (unpaired) electrons. The molecule has 0 N–H and O–H groups in total. The lowest BCUT2D eigenvalue weighted by Gasteiger charge is -2.07. The highest BCUT2D eigenvalue weighted by Crippen LogP contribution is 2.34. The second-order valence-electron chi connectivity index (χ2n) is 5.48. The van der Waals surface area contributed by atoms with Crippen molar-refractivity contribution < 1.29 is 4.39 Å². The molecule has 3 heterocycles. The van der Waals surface area contributed by atoms with Gasteiger partial charge in [-0.15, -0.1) is 22.7 Å². The summed E-state index contributed by atoms with van der Waals surface area (Å²) in [6, 6.07) is 10.5. The maximum absolute atomic E-state index is 13.3. The van der Waals surface area contributed by atoms with Gasteiger partial charge in [-0.2, -0.15) is 0 Å². The molecule has 7 heteroatoms. The van der Waals surface area contributed by atoms with Crippen molar-refractivity contribution in [1.29, 1.82) is 0 Å². The van der Waals surface area contributed by atoms with Gasteiger partial charge in [-0.3, -0.25) is 9.36 Å². The van der Waals surface area contributed by atoms with Gasteiger partial charge >= 0.3 is 0 Å². The number of thiophene rings is 2. The molecule has 0 aliphatic rings. The summed E-state index contributed by atoms with van der Waals surface area (Å²) in [7, 11) is 1.73. The Morgan fingerprint density at radius 1 is 1.24 bits per heavy atom. The van der Waals surface area contributed by atoms with Crippen LogP contribution in [0.2, 0.25) is 0 Å². The van der Waals surface area contributed by atoms with E-state index >= 15 is 0 Å². The van der Waals surface area contributed by atoms with Gasteiger partial charge in [-0.25, -0.2) is 9.37 Å². The molecule has 4 rings (SSSR count). The first kappa shape index (κ1) is 16.5. The minimum Gasteiger partial charge on any atom is -0.290 e. The minimum atomic E-state index is -0.255. The van der Waals surface area contributed by atoms with Crippen LogP contribution in [0.3, 0.4) is 0 Å². The molecule has 0 spiro atoms. The normalized spacial score (nSPS) is 11.3. The molecular formula is C18H13FN2OS3. The molecule has 1 aromatic carbocycles. The standard InChI is InChI=1S/C18H13FN2OS3/c1-21-17(22)15-13(14-6-3-7-23-14)10-24-16(15)20-18(21)25-9-11-4-2-5-12(19)8-11/h2-8,10H,9H2,1H3. The Labute approximate surface area is 155 Å². The molecule has 0 aliphatic carbocycles. The number of thioether (sulfide) groups is 1. The summed E-state index contributed by atoms with van der Waals surface area (Å²) >= 11 is 4.53. The van der Waals surface area contributed by atoms with E-state index in [9.17, 15) is 9.18 Å². The van der Waals surface area contributed by atoms with Crippen molar-refractivity contribution >= 4 is 44.7 Å². The van der Waals surface area contributed by atoms with Crippen molar-refractivity contribution in [3.63, 3.8) is 0 Å². The van der Waals surface area contributed by atoms with Crippen LogP contribution in [0.5, 0.6) is 0 Å². The van der Waals surface area contributed by atoms with Crippen LogP contribution in [0, 0.1) is 5.82 Å². The van der Waals surface area contributed by atoms with E-state index in [1.165, 1.54) is 35.2 Å². The molecule has 0 unspecified atom stereocenters. The lowest BCUT2D eigenvalue weighted by Crippen LogP contribution is -2.19. The van der Waals surface area contributed by atoms with Gasteiger partial charge in [0.15, 0.2) is 5.16 Å². The van der Waals surface area contributed by atoms with Crippen LogP contribution in [-0.2, 0) is 12.8 Å². The number of aromatic nitrogens is 2. The van der Waals surface area contributed by atoms with Crippen LogP contribution in [-0.4, -0.2) is 9.55 Å². The van der Waals surface area contributed by atoms with Crippen molar-refractivity contribution in [1.82, 2.24) is 9.55 Å². The highest BCUT2D eigenvalue weighted by atomic mass is 32.2. The third kappa shape index (κ3) is 3.15. The van der Waals surface area contributed by atoms with Gasteiger partial charge in [0.2, 0.25) is 0 Å². The van der Waals surface area contributed by atoms with Crippen LogP contribution < -0.4 is 5.56 Å². The number of hydrogen-bond donors (Lipinski definition) is 0. The molecule has 3 aromatic heterocycles. The van der Waals surface area contributed by atoms with E-state index < -0.39 is 0 Å². The van der Waals surface area contributed by atoms with Crippen LogP contribution in [0.15, 0.2) is 57.1 Å². The fourth-order valence-corrected chi connectivity index (χ4v) is 5.29. The molecule has 0 amide bonds. The fraction of sp³-hybridized carbons (Fsp3) is 0.111. The summed E-state index contributed by atoms with van der Waals surface area (Å²) in [5.74, 6) is 0.307. The molecule has 0 bridgehead atoms. The summed E-state index contributed by atoms with van der Waals surface area (Å²) in [5, 5.41) is 5.30. The topological polar surface area (TPSA) is 34.9 Å². The summed E-state index contributed by atoms with van der Waals surface area (Å²) in [6.45, 7) is 0. The van der Waals surface area contributed by atoms with E-state index in [0.717, 1.165) is 20.8 Å². The van der Waals surface area contributed by atoms with Gasteiger partial charge in [0, 0.05) is 28.6 Å². The van der Waals surface area contributed by atoms with Gasteiger partial charge in [-0.05, 0) is 29.1 Å². The first-order chi connectivity index (χ1) is 12.1. The van der Waals surface area contributed by atoms with Crippen molar-refractivity contribution in [2.24, 2.45) is 7.05 Å². The fourth-order valence-electron chi connectivity index (χ4n) is 2.57. The summed E-state index contributed by atoms with van der Waals surface area (Å²) in [6.07, 6.45) is 0. The Bertz CT molecular complexity index is 1100. The van der Waals surface area contributed by atoms with E-state index in [4.69, 9.17) is 0 Å². The Kier molecular flexibility index (Phi) is 4.45. The summed E-state index contributed by atoms with van der Waals surface area (Å²) in [4.78, 5) is 19.3. The third-order valence-corrected chi connectivity index (χ3v) is 6.69. The molecule has 25 heavy (non-hydrogen) atoms. The number of benzene rings is 1. The second-order valence-corrected chi connectivity index (χ2v) is 8.23. The van der Waals surface area contributed by atoms with Gasteiger partial charge in [0.05, 0.1) is 5.39 Å². The van der Waals surface area contributed by atoms with E-state index in [-0.39, 0.29) is 11.4 Å². The maximum atomic E-state index is 13.3. The van der Waals surface area contributed by atoms with Crippen molar-refractivity contribution in [2.75, 3.05) is 0 Å². The lowest BCUT2D eigenvalue weighted by atomic mass is 10.2. The largest absolute Gasteiger partial charge is 0.290 e. The zero-order chi connectivity index (χ0) is 17.4. The molecule has 0 saturated heterocycles. The number of nitrogens with zero attached hydrogens (tertiary/aromatic N) is 2. The van der Waals surface area contributed by atoms with Crippen molar-refractivity contribution in [3.8, 4) is 10.4 Å². The first-order valence-corrected chi connectivity index (χ1v) is 10.3. The average Bonchev–Trinajstić information content (AvgIpc) is 3.26. The molecule has 0 fully saturated rings. The Morgan fingerprint density at radius 3 is 2.88 bits per heavy atom. The van der Waals surface area contributed by atoms with E-state index in [1.54, 1.807) is 29.0 Å². The Hall–Kier alpha value is -1.96. The van der Waals surface area contributed by atoms with Gasteiger partial charge in [0.25, 0.3) is 5.56 Å². The van der Waals surface area contributed by atoms with Crippen molar-refractivity contribution in [2.45, 2.75) is 10.9 Å². The van der Waals surface area contributed by atoms with Crippen molar-refractivity contribution in [3.05, 3.63) is 68.9 Å². The maximum Gasteiger partial charge on any atom is 0.263 e. The minimum absolute atomic E-state index is 0.0450. The van der Waals surface area contributed by atoms with Crippen LogP contribution in [0.4, 0.5) is 4.39 Å². The van der Waals surface area contributed by atoms with E-state index in [0.29, 0.717) is 16.3 Å². The molecule has 126 valence electrons. The van der Waals surface area contributed by atoms with Gasteiger partial charge in [0.1, 0.15) is 10.6 Å². The number of hydrogen-bond acceptors (Lipinski definition) is 5. The molecule has 0 atom stereocenters. The Balaban J connectivity index is 1.72. The van der Waals surface area contributed by atoms with Gasteiger partial charge < -0.3 is 0 Å². The van der Waals surface area contributed by atoms with E-state index in [1.807, 2.05) is 29.0 Å². The number of halogens is 1. The predicted octanol–water partition coefficient (Wildman–Crippen LogP) is 5.15. The average molecular weight is 389 g/mol.